The lowest BCUT2D eigenvalue weighted by Crippen LogP contribution is -2.55. The fourth-order valence-corrected chi connectivity index (χ4v) is 3.45. The summed E-state index contributed by atoms with van der Waals surface area (Å²) in [6, 6.07) is 12.5. The van der Waals surface area contributed by atoms with E-state index >= 15 is 0 Å². The van der Waals surface area contributed by atoms with E-state index in [1.54, 1.807) is 0 Å². The predicted octanol–water partition coefficient (Wildman–Crippen LogP) is 2.20. The lowest BCUT2D eigenvalue weighted by molar-refractivity contribution is 0.0326. The van der Waals surface area contributed by atoms with Gasteiger partial charge in [-0.15, -0.1) is 0 Å². The Labute approximate surface area is 115 Å². The van der Waals surface area contributed by atoms with Crippen molar-refractivity contribution in [3.63, 3.8) is 0 Å². The lowest BCUT2D eigenvalue weighted by Gasteiger charge is -2.44. The van der Waals surface area contributed by atoms with Crippen molar-refractivity contribution in [2.24, 2.45) is 0 Å². The molecule has 0 bridgehead atoms. The van der Waals surface area contributed by atoms with Crippen LogP contribution >= 0.6 is 0 Å². The van der Waals surface area contributed by atoms with E-state index in [4.69, 9.17) is 4.74 Å². The highest BCUT2D eigenvalue weighted by Gasteiger charge is 2.37. The highest BCUT2D eigenvalue weighted by Crippen LogP contribution is 2.31. The second kappa shape index (κ2) is 5.61. The maximum atomic E-state index is 5.78. The van der Waals surface area contributed by atoms with E-state index in [1.165, 1.54) is 5.56 Å². The second-order valence-corrected chi connectivity index (χ2v) is 5.86. The molecule has 0 saturated carbocycles. The Morgan fingerprint density at radius 2 is 2.00 bits per heavy atom. The molecule has 0 spiro atoms. The Morgan fingerprint density at radius 1 is 1.21 bits per heavy atom. The van der Waals surface area contributed by atoms with Crippen molar-refractivity contribution in [2.45, 2.75) is 44.5 Å². The van der Waals surface area contributed by atoms with Gasteiger partial charge >= 0.3 is 0 Å². The average Bonchev–Trinajstić information content (AvgIpc) is 2.86. The molecule has 3 heteroatoms. The first-order valence-electron chi connectivity index (χ1n) is 7.41. The van der Waals surface area contributed by atoms with Crippen molar-refractivity contribution in [2.75, 3.05) is 19.7 Å². The molecule has 104 valence electrons. The zero-order valence-electron chi connectivity index (χ0n) is 11.9. The largest absolute Gasteiger partial charge is 0.377 e. The molecule has 0 radical (unpaired) electrons. The number of nitrogens with one attached hydrogen (secondary N) is 1. The Kier molecular flexibility index (Phi) is 3.87. The Hall–Kier alpha value is -0.900. The molecule has 1 aromatic carbocycles. The Bertz CT molecular complexity index is 408. The van der Waals surface area contributed by atoms with E-state index in [1.807, 2.05) is 0 Å². The molecule has 3 nitrogen and oxygen atoms in total. The third-order valence-corrected chi connectivity index (χ3v) is 4.49. The first kappa shape index (κ1) is 13.1. The molecule has 3 rings (SSSR count). The predicted molar refractivity (Wildman–Crippen MR) is 77.2 cm³/mol. The number of ether oxygens (including phenoxy) is 1. The van der Waals surface area contributed by atoms with Gasteiger partial charge in [0.25, 0.3) is 0 Å². The zero-order valence-corrected chi connectivity index (χ0v) is 11.9. The summed E-state index contributed by atoms with van der Waals surface area (Å²) in [5.74, 6) is 0. The minimum Gasteiger partial charge on any atom is -0.377 e. The normalized spacial score (nSPS) is 36.5. The van der Waals surface area contributed by atoms with Gasteiger partial charge in [0.2, 0.25) is 0 Å². The van der Waals surface area contributed by atoms with Gasteiger partial charge in [-0.05, 0) is 25.8 Å². The lowest BCUT2D eigenvalue weighted by atomic mass is 9.97. The molecule has 1 aromatic rings. The molecule has 2 aliphatic heterocycles. The first-order chi connectivity index (χ1) is 9.25. The van der Waals surface area contributed by atoms with Gasteiger partial charge in [0, 0.05) is 37.8 Å². The summed E-state index contributed by atoms with van der Waals surface area (Å²) >= 11 is 0. The van der Waals surface area contributed by atoms with Crippen LogP contribution in [0.5, 0.6) is 0 Å². The number of piperazine rings is 1. The summed E-state index contributed by atoms with van der Waals surface area (Å²) < 4.78 is 5.78. The minimum absolute atomic E-state index is 0.358. The molecule has 4 atom stereocenters. The van der Waals surface area contributed by atoms with Crippen molar-refractivity contribution in [1.29, 1.82) is 0 Å². The third kappa shape index (κ3) is 2.69. The molecule has 0 amide bonds. The van der Waals surface area contributed by atoms with Crippen LogP contribution in [0.3, 0.4) is 0 Å². The number of hydrogen-bond acceptors (Lipinski definition) is 3. The molecule has 0 aromatic heterocycles. The first-order valence-corrected chi connectivity index (χ1v) is 7.41. The number of rotatable bonds is 2. The van der Waals surface area contributed by atoms with Crippen LogP contribution in [0.1, 0.15) is 31.9 Å². The van der Waals surface area contributed by atoms with E-state index in [-0.39, 0.29) is 0 Å². The van der Waals surface area contributed by atoms with Crippen LogP contribution in [-0.4, -0.2) is 42.8 Å². The molecule has 2 fully saturated rings. The van der Waals surface area contributed by atoms with Gasteiger partial charge in [-0.2, -0.15) is 0 Å². The van der Waals surface area contributed by atoms with Crippen molar-refractivity contribution in [1.82, 2.24) is 10.2 Å². The van der Waals surface area contributed by atoms with Crippen LogP contribution in [0.4, 0.5) is 0 Å². The highest BCUT2D eigenvalue weighted by molar-refractivity contribution is 5.21. The molecular formula is C16H24N2O. The number of benzene rings is 1. The molecular weight excluding hydrogens is 236 g/mol. The van der Waals surface area contributed by atoms with Crippen LogP contribution in [0.2, 0.25) is 0 Å². The van der Waals surface area contributed by atoms with E-state index < -0.39 is 0 Å². The maximum Gasteiger partial charge on any atom is 0.0703 e. The fraction of sp³-hybridized carbons (Fsp3) is 0.625. The quantitative estimate of drug-likeness (QED) is 0.882. The average molecular weight is 260 g/mol. The van der Waals surface area contributed by atoms with E-state index in [0.29, 0.717) is 24.2 Å². The van der Waals surface area contributed by atoms with E-state index in [2.05, 4.69) is 54.4 Å². The molecule has 2 saturated heterocycles. The highest BCUT2D eigenvalue weighted by atomic mass is 16.5. The monoisotopic (exact) mass is 260 g/mol. The van der Waals surface area contributed by atoms with Crippen LogP contribution in [0, 0.1) is 0 Å². The van der Waals surface area contributed by atoms with Crippen LogP contribution in [0.25, 0.3) is 0 Å². The van der Waals surface area contributed by atoms with Crippen molar-refractivity contribution in [3.8, 4) is 0 Å². The smallest absolute Gasteiger partial charge is 0.0703 e. The SMILES string of the molecule is CC1CN(C2CCOC2C)C(c2ccccc2)CN1. The minimum atomic E-state index is 0.358. The molecule has 4 unspecified atom stereocenters. The van der Waals surface area contributed by atoms with Crippen molar-refractivity contribution >= 4 is 0 Å². The molecule has 2 heterocycles. The van der Waals surface area contributed by atoms with Crippen LogP contribution in [0.15, 0.2) is 30.3 Å². The van der Waals surface area contributed by atoms with Crippen LogP contribution in [-0.2, 0) is 4.74 Å². The molecule has 2 aliphatic rings. The zero-order chi connectivity index (χ0) is 13.2. The summed E-state index contributed by atoms with van der Waals surface area (Å²) in [6.07, 6.45) is 1.52. The van der Waals surface area contributed by atoms with E-state index in [9.17, 15) is 0 Å². The summed E-state index contributed by atoms with van der Waals surface area (Å²) in [6.45, 7) is 7.54. The van der Waals surface area contributed by atoms with Gasteiger partial charge in [0.05, 0.1) is 6.10 Å². The van der Waals surface area contributed by atoms with Gasteiger partial charge in [-0.3, -0.25) is 4.90 Å². The maximum absolute atomic E-state index is 5.78. The second-order valence-electron chi connectivity index (χ2n) is 5.86. The van der Waals surface area contributed by atoms with Gasteiger partial charge < -0.3 is 10.1 Å². The van der Waals surface area contributed by atoms with Crippen LogP contribution < -0.4 is 5.32 Å². The van der Waals surface area contributed by atoms with Gasteiger partial charge in [0.15, 0.2) is 0 Å². The van der Waals surface area contributed by atoms with Gasteiger partial charge in [-0.25, -0.2) is 0 Å². The Morgan fingerprint density at radius 3 is 2.68 bits per heavy atom. The third-order valence-electron chi connectivity index (χ3n) is 4.49. The standard InChI is InChI=1S/C16H24N2O/c1-12-11-18(15-8-9-19-13(15)2)16(10-17-12)14-6-4-3-5-7-14/h3-7,12-13,15-17H,8-11H2,1-2H3. The van der Waals surface area contributed by atoms with Gasteiger partial charge in [-0.1, -0.05) is 30.3 Å². The van der Waals surface area contributed by atoms with E-state index in [0.717, 1.165) is 26.1 Å². The number of nitrogens with zero attached hydrogens (tertiary/aromatic N) is 1. The van der Waals surface area contributed by atoms with Crippen molar-refractivity contribution in [3.05, 3.63) is 35.9 Å². The van der Waals surface area contributed by atoms with Gasteiger partial charge in [0.1, 0.15) is 0 Å². The topological polar surface area (TPSA) is 24.5 Å². The summed E-state index contributed by atoms with van der Waals surface area (Å²) in [4.78, 5) is 2.66. The Balaban J connectivity index is 1.84. The number of hydrogen-bond donors (Lipinski definition) is 1. The van der Waals surface area contributed by atoms with Crippen molar-refractivity contribution < 1.29 is 4.74 Å². The molecule has 19 heavy (non-hydrogen) atoms. The molecule has 0 aliphatic carbocycles. The fourth-order valence-electron chi connectivity index (χ4n) is 3.45. The summed E-state index contributed by atoms with van der Waals surface area (Å²) in [5.41, 5.74) is 1.42. The molecule has 1 N–H and O–H groups in total. The summed E-state index contributed by atoms with van der Waals surface area (Å²) in [5, 5.41) is 3.62. The summed E-state index contributed by atoms with van der Waals surface area (Å²) in [7, 11) is 0.